The average molecular weight is 973 g/mol. The molecular formula is C48H77FN10O10. The van der Waals surface area contributed by atoms with Crippen LogP contribution in [0.5, 0.6) is 0 Å². The van der Waals surface area contributed by atoms with Crippen molar-refractivity contribution in [1.29, 1.82) is 0 Å². The number of hydrogen-bond donors (Lipinski definition) is 6. The van der Waals surface area contributed by atoms with Crippen LogP contribution in [0.15, 0.2) is 55.0 Å². The highest BCUT2D eigenvalue weighted by molar-refractivity contribution is 5.68. The van der Waals surface area contributed by atoms with Crippen LogP contribution in [0, 0.1) is 26.0 Å². The molecule has 0 aromatic carbocycles. The summed E-state index contributed by atoms with van der Waals surface area (Å²) in [6.07, 6.45) is 10.8. The molecule has 4 aliphatic rings. The van der Waals surface area contributed by atoms with Crippen molar-refractivity contribution in [2.24, 2.45) is 0 Å². The van der Waals surface area contributed by atoms with Crippen LogP contribution in [0.25, 0.3) is 0 Å². The van der Waals surface area contributed by atoms with Crippen molar-refractivity contribution in [3.8, 4) is 0 Å². The standard InChI is InChI=1S/C12H17N3O3.C12H19N3O.C12H23NO3.C7H15NO.C5H3FN2O2/c1-9-5-6-12(2,16)8-14(9)10-3-4-11(13-7-10)15(17)18;1-9-5-6-12(2,16)8-15(9)10-3-4-11(13)14-7-10;1-9-6-7-12(5,15)8-13(9)10(14)16-11(2,3)4;1-6-3-4-7(2,9)5-8-6;6-4-1-2-5(7-3-4)8(9)10/h3-4,7,9,16H,5-6,8H2,1-2H3;3-4,7,9,16H,5-6,8H2,1-2H3,(H2,13,14);9,15H,6-8H2,1-5H3;6,8-9H,3-5H2,1-2H3;1-3H. The highest BCUT2D eigenvalue weighted by atomic mass is 19.1. The Balaban J connectivity index is 0.000000233. The Morgan fingerprint density at radius 1 is 0.696 bits per heavy atom. The molecule has 8 atom stereocenters. The van der Waals surface area contributed by atoms with Gasteiger partial charge in [-0.15, -0.1) is 0 Å². The molecule has 4 fully saturated rings. The molecule has 7 N–H and O–H groups in total. The van der Waals surface area contributed by atoms with Gasteiger partial charge in [0, 0.05) is 55.9 Å². The summed E-state index contributed by atoms with van der Waals surface area (Å²) < 4.78 is 17.4. The molecule has 3 aromatic heterocycles. The number of nitrogens with zero attached hydrogens (tertiary/aromatic N) is 8. The molecule has 7 rings (SSSR count). The van der Waals surface area contributed by atoms with Gasteiger partial charge in [0.15, 0.2) is 18.2 Å². The van der Waals surface area contributed by atoms with Gasteiger partial charge in [-0.25, -0.2) is 14.2 Å². The van der Waals surface area contributed by atoms with Crippen molar-refractivity contribution in [2.75, 3.05) is 41.7 Å². The van der Waals surface area contributed by atoms with E-state index in [0.717, 1.165) is 87.6 Å². The summed E-state index contributed by atoms with van der Waals surface area (Å²) in [4.78, 5) is 48.1. The van der Waals surface area contributed by atoms with Gasteiger partial charge in [0.05, 0.1) is 46.5 Å². The number of hydrogen-bond acceptors (Lipinski definition) is 17. The zero-order chi connectivity index (χ0) is 52.1. The number of β-amino-alcohol motifs (C(OH)–C–C–N with tert-alkyl or cyclic N) is 4. The third kappa shape index (κ3) is 20.3. The first-order valence-corrected chi connectivity index (χ1v) is 23.5. The molecule has 0 saturated carbocycles. The van der Waals surface area contributed by atoms with Crippen LogP contribution in [0.3, 0.4) is 0 Å². The molecule has 386 valence electrons. The van der Waals surface area contributed by atoms with Crippen LogP contribution in [0.4, 0.5) is 38.0 Å². The van der Waals surface area contributed by atoms with E-state index in [1.54, 1.807) is 30.2 Å². The Kier molecular flexibility index (Phi) is 20.6. The molecule has 1 amide bonds. The smallest absolute Gasteiger partial charge is 0.410 e. The second kappa shape index (κ2) is 24.5. The summed E-state index contributed by atoms with van der Waals surface area (Å²) in [7, 11) is 0. The maximum Gasteiger partial charge on any atom is 0.410 e. The molecule has 0 radical (unpaired) electrons. The largest absolute Gasteiger partial charge is 0.444 e. The number of nitro groups is 2. The number of carbonyl (C=O) groups excluding carboxylic acids is 1. The fraction of sp³-hybridized carbons (Fsp3) is 0.667. The van der Waals surface area contributed by atoms with Crippen LogP contribution >= 0.6 is 0 Å². The third-order valence-corrected chi connectivity index (χ3v) is 12.3. The minimum atomic E-state index is -0.788. The van der Waals surface area contributed by atoms with E-state index in [1.165, 1.54) is 12.3 Å². The van der Waals surface area contributed by atoms with E-state index in [2.05, 4.69) is 45.9 Å². The number of aromatic nitrogens is 3. The summed E-state index contributed by atoms with van der Waals surface area (Å²) >= 11 is 0. The SMILES string of the molecule is CC1CCC(C)(O)CN1.CC1CCC(C)(O)CN1C(=O)OC(C)(C)C.CC1CCC(C)(O)CN1c1ccc(N)nc1.CC1CCC(C)(O)CN1c1ccc([N+](=O)[O-])nc1.O=[N+]([O-])c1ccc(F)cn1. The van der Waals surface area contributed by atoms with Crippen molar-refractivity contribution in [3.05, 3.63) is 81.0 Å². The quantitative estimate of drug-likeness (QED) is 0.114. The summed E-state index contributed by atoms with van der Waals surface area (Å²) in [5.74, 6) is -0.553. The third-order valence-electron chi connectivity index (χ3n) is 12.3. The number of likely N-dealkylation sites (tertiary alicyclic amines) is 1. The Morgan fingerprint density at radius 2 is 1.13 bits per heavy atom. The number of nitrogens with one attached hydrogen (secondary N) is 1. The van der Waals surface area contributed by atoms with Crippen LogP contribution in [0.1, 0.15) is 128 Å². The summed E-state index contributed by atoms with van der Waals surface area (Å²) in [6, 6.07) is 10.3. The van der Waals surface area contributed by atoms with Gasteiger partial charge in [-0.3, -0.25) is 0 Å². The molecule has 0 spiro atoms. The maximum absolute atomic E-state index is 12.1. The first-order valence-electron chi connectivity index (χ1n) is 23.5. The number of nitrogens with two attached hydrogens (primary N) is 1. The molecule has 7 heterocycles. The highest BCUT2D eigenvalue weighted by Gasteiger charge is 2.38. The van der Waals surface area contributed by atoms with E-state index in [1.807, 2.05) is 59.4 Å². The Labute approximate surface area is 405 Å². The van der Waals surface area contributed by atoms with E-state index < -0.39 is 43.7 Å². The number of ether oxygens (including phenoxy) is 1. The Hall–Kier alpha value is -5.35. The fourth-order valence-electron chi connectivity index (χ4n) is 7.90. The molecule has 8 unspecified atom stereocenters. The lowest BCUT2D eigenvalue weighted by atomic mass is 9.90. The van der Waals surface area contributed by atoms with Gasteiger partial charge in [0.2, 0.25) is 0 Å². The molecule has 0 bridgehead atoms. The predicted octanol–water partition coefficient (Wildman–Crippen LogP) is 6.93. The first kappa shape index (κ1) is 58.0. The van der Waals surface area contributed by atoms with Crippen molar-refractivity contribution in [2.45, 2.75) is 180 Å². The lowest BCUT2D eigenvalue weighted by Gasteiger charge is -2.42. The zero-order valence-corrected chi connectivity index (χ0v) is 42.3. The highest BCUT2D eigenvalue weighted by Crippen LogP contribution is 2.32. The van der Waals surface area contributed by atoms with E-state index in [9.17, 15) is 49.8 Å². The topological polar surface area (TPSA) is 280 Å². The second-order valence-corrected chi connectivity index (χ2v) is 21.0. The predicted molar refractivity (Wildman–Crippen MR) is 263 cm³/mol. The van der Waals surface area contributed by atoms with E-state index in [0.29, 0.717) is 43.6 Å². The van der Waals surface area contributed by atoms with Gasteiger partial charge >= 0.3 is 17.7 Å². The molecule has 3 aromatic rings. The fourth-order valence-corrected chi connectivity index (χ4v) is 7.90. The number of pyridine rings is 3. The molecule has 20 nitrogen and oxygen atoms in total. The summed E-state index contributed by atoms with van der Waals surface area (Å²) in [5, 5.41) is 63.3. The summed E-state index contributed by atoms with van der Waals surface area (Å²) in [6.45, 7) is 23.5. The van der Waals surface area contributed by atoms with Crippen LogP contribution < -0.4 is 20.9 Å². The molecule has 69 heavy (non-hydrogen) atoms. The molecular weight excluding hydrogens is 896 g/mol. The number of carbonyl (C=O) groups is 1. The number of amides is 1. The lowest BCUT2D eigenvalue weighted by molar-refractivity contribution is -0.389. The van der Waals surface area contributed by atoms with Crippen molar-refractivity contribution >= 4 is 34.9 Å². The van der Waals surface area contributed by atoms with Crippen molar-refractivity contribution in [3.63, 3.8) is 0 Å². The molecule has 0 aliphatic carbocycles. The number of aliphatic hydroxyl groups is 4. The van der Waals surface area contributed by atoms with Crippen LogP contribution in [0.2, 0.25) is 0 Å². The van der Waals surface area contributed by atoms with E-state index in [-0.39, 0.29) is 23.8 Å². The van der Waals surface area contributed by atoms with Gasteiger partial charge in [-0.2, -0.15) is 0 Å². The zero-order valence-electron chi connectivity index (χ0n) is 42.3. The van der Waals surface area contributed by atoms with Gasteiger partial charge < -0.3 is 71.1 Å². The first-order chi connectivity index (χ1) is 31.8. The minimum absolute atomic E-state index is 0.134. The van der Waals surface area contributed by atoms with Crippen molar-refractivity contribution in [1.82, 2.24) is 25.2 Å². The number of anilines is 3. The van der Waals surface area contributed by atoms with Crippen LogP contribution in [-0.4, -0.2) is 135 Å². The number of halogens is 1. The van der Waals surface area contributed by atoms with Crippen molar-refractivity contribution < 1.29 is 44.2 Å². The maximum atomic E-state index is 12.1. The Bertz CT molecular complexity index is 2080. The summed E-state index contributed by atoms with van der Waals surface area (Å²) in [5.41, 5.74) is 4.36. The minimum Gasteiger partial charge on any atom is -0.444 e. The molecule has 21 heteroatoms. The monoisotopic (exact) mass is 973 g/mol. The number of nitrogen functional groups attached to an aromatic ring is 1. The number of piperidine rings is 4. The average Bonchev–Trinajstić information content (AvgIpc) is 3.25. The van der Waals surface area contributed by atoms with Gasteiger partial charge in [0.25, 0.3) is 0 Å². The second-order valence-electron chi connectivity index (χ2n) is 21.0. The van der Waals surface area contributed by atoms with E-state index >= 15 is 0 Å². The van der Waals surface area contributed by atoms with Gasteiger partial charge in [-0.05, 0) is 172 Å². The molecule has 4 saturated heterocycles. The van der Waals surface area contributed by atoms with Crippen LogP contribution in [-0.2, 0) is 4.74 Å². The van der Waals surface area contributed by atoms with E-state index in [4.69, 9.17) is 10.5 Å². The normalized spacial score (nSPS) is 28.9. The molecule has 4 aliphatic heterocycles. The Morgan fingerprint density at radius 3 is 1.51 bits per heavy atom. The number of rotatable bonds is 4. The van der Waals surface area contributed by atoms with Gasteiger partial charge in [0.1, 0.15) is 11.4 Å². The lowest BCUT2D eigenvalue weighted by Crippen LogP contribution is -2.53. The van der Waals surface area contributed by atoms with Gasteiger partial charge in [-0.1, -0.05) is 0 Å².